The highest BCUT2D eigenvalue weighted by atomic mass is 19.1. The Balaban J connectivity index is 1.85. The molecule has 0 atom stereocenters. The first kappa shape index (κ1) is 14.5. The molecule has 0 aromatic heterocycles. The van der Waals surface area contributed by atoms with E-state index in [1.165, 1.54) is 17.0 Å². The van der Waals surface area contributed by atoms with Crippen molar-refractivity contribution < 1.29 is 23.9 Å². The zero-order valence-corrected chi connectivity index (χ0v) is 11.8. The highest BCUT2D eigenvalue weighted by Crippen LogP contribution is 2.36. The molecule has 3 rings (SSSR count). The second kappa shape index (κ2) is 5.08. The summed E-state index contributed by atoms with van der Waals surface area (Å²) in [6, 6.07) is 3.86. The van der Waals surface area contributed by atoms with Crippen molar-refractivity contribution in [2.45, 2.75) is 31.2 Å². The van der Waals surface area contributed by atoms with Crippen LogP contribution in [0.1, 0.15) is 36.0 Å². The topological polar surface area (TPSA) is 86.7 Å². The highest BCUT2D eigenvalue weighted by molar-refractivity contribution is 6.01. The maximum absolute atomic E-state index is 13.9. The summed E-state index contributed by atoms with van der Waals surface area (Å²) >= 11 is 0. The molecule has 1 saturated carbocycles. The Bertz CT molecular complexity index is 670. The fourth-order valence-corrected chi connectivity index (χ4v) is 2.58. The molecule has 1 saturated heterocycles. The number of anilines is 1. The number of nitrogens with zero attached hydrogens (tertiary/aromatic N) is 1. The first-order valence-electron chi connectivity index (χ1n) is 7.09. The van der Waals surface area contributed by atoms with Crippen LogP contribution in [0.4, 0.5) is 10.1 Å². The van der Waals surface area contributed by atoms with E-state index in [1.54, 1.807) is 0 Å². The Morgan fingerprint density at radius 3 is 2.59 bits per heavy atom. The molecule has 0 radical (unpaired) electrons. The van der Waals surface area contributed by atoms with Gasteiger partial charge in [0, 0.05) is 18.7 Å². The number of carboxylic acid groups (broad SMARTS) is 1. The van der Waals surface area contributed by atoms with Gasteiger partial charge in [-0.2, -0.15) is 0 Å². The van der Waals surface area contributed by atoms with Crippen molar-refractivity contribution in [1.29, 1.82) is 0 Å². The largest absolute Gasteiger partial charge is 0.480 e. The SMILES string of the molecule is O=C(NC1(C(=O)O)CC1)c1cc(N2CCCC2=O)ccc1F. The van der Waals surface area contributed by atoms with E-state index in [1.807, 2.05) is 0 Å². The van der Waals surface area contributed by atoms with E-state index in [9.17, 15) is 18.8 Å². The van der Waals surface area contributed by atoms with E-state index in [2.05, 4.69) is 5.32 Å². The van der Waals surface area contributed by atoms with Gasteiger partial charge in [0.2, 0.25) is 5.91 Å². The minimum absolute atomic E-state index is 0.0674. The van der Waals surface area contributed by atoms with Crippen LogP contribution >= 0.6 is 0 Å². The van der Waals surface area contributed by atoms with E-state index in [4.69, 9.17) is 5.11 Å². The number of amides is 2. The van der Waals surface area contributed by atoms with Gasteiger partial charge in [-0.15, -0.1) is 0 Å². The third-order valence-corrected chi connectivity index (χ3v) is 4.09. The molecule has 22 heavy (non-hydrogen) atoms. The van der Waals surface area contributed by atoms with Crippen LogP contribution in [0.15, 0.2) is 18.2 Å². The van der Waals surface area contributed by atoms with Gasteiger partial charge >= 0.3 is 5.97 Å². The molecule has 6 nitrogen and oxygen atoms in total. The lowest BCUT2D eigenvalue weighted by atomic mass is 10.1. The molecular weight excluding hydrogens is 291 g/mol. The minimum atomic E-state index is -1.27. The Hall–Kier alpha value is -2.44. The van der Waals surface area contributed by atoms with Crippen molar-refractivity contribution in [2.24, 2.45) is 0 Å². The Labute approximate surface area is 125 Å². The van der Waals surface area contributed by atoms with Gasteiger partial charge in [-0.05, 0) is 37.5 Å². The quantitative estimate of drug-likeness (QED) is 0.878. The molecule has 7 heteroatoms. The smallest absolute Gasteiger partial charge is 0.329 e. The number of carbonyl (C=O) groups is 3. The molecule has 2 N–H and O–H groups in total. The summed E-state index contributed by atoms with van der Waals surface area (Å²) in [5.74, 6) is -2.70. The lowest BCUT2D eigenvalue weighted by Gasteiger charge is -2.18. The van der Waals surface area contributed by atoms with Crippen LogP contribution in [0.5, 0.6) is 0 Å². The van der Waals surface area contributed by atoms with Crippen LogP contribution in [0, 0.1) is 5.82 Å². The number of halogens is 1. The number of nitrogens with one attached hydrogen (secondary N) is 1. The first-order valence-corrected chi connectivity index (χ1v) is 7.09. The second-order valence-corrected chi connectivity index (χ2v) is 5.65. The molecule has 1 aromatic carbocycles. The van der Waals surface area contributed by atoms with Gasteiger partial charge in [0.05, 0.1) is 5.56 Å². The predicted molar refractivity (Wildman–Crippen MR) is 75.1 cm³/mol. The van der Waals surface area contributed by atoms with Gasteiger partial charge < -0.3 is 15.3 Å². The van der Waals surface area contributed by atoms with Crippen molar-refractivity contribution in [3.63, 3.8) is 0 Å². The fourth-order valence-electron chi connectivity index (χ4n) is 2.58. The zero-order chi connectivity index (χ0) is 15.9. The summed E-state index contributed by atoms with van der Waals surface area (Å²) in [5.41, 5.74) is -1.07. The van der Waals surface area contributed by atoms with Gasteiger partial charge in [0.1, 0.15) is 11.4 Å². The average molecular weight is 306 g/mol. The lowest BCUT2D eigenvalue weighted by Crippen LogP contribution is -2.43. The number of benzene rings is 1. The molecule has 116 valence electrons. The number of hydrogen-bond acceptors (Lipinski definition) is 3. The molecule has 1 aliphatic carbocycles. The second-order valence-electron chi connectivity index (χ2n) is 5.65. The summed E-state index contributed by atoms with van der Waals surface area (Å²) in [4.78, 5) is 36.5. The molecule has 1 aromatic rings. The van der Waals surface area contributed by atoms with Crippen molar-refractivity contribution in [2.75, 3.05) is 11.4 Å². The minimum Gasteiger partial charge on any atom is -0.480 e. The number of aliphatic carboxylic acids is 1. The van der Waals surface area contributed by atoms with Gasteiger partial charge in [0.25, 0.3) is 5.91 Å². The van der Waals surface area contributed by atoms with E-state index in [0.29, 0.717) is 31.5 Å². The third kappa shape index (κ3) is 2.43. The van der Waals surface area contributed by atoms with Crippen LogP contribution in [-0.2, 0) is 9.59 Å². The van der Waals surface area contributed by atoms with E-state index >= 15 is 0 Å². The molecule has 2 aliphatic rings. The van der Waals surface area contributed by atoms with Gasteiger partial charge in [0.15, 0.2) is 0 Å². The van der Waals surface area contributed by atoms with Gasteiger partial charge in [-0.25, -0.2) is 9.18 Å². The Kier molecular flexibility index (Phi) is 3.35. The van der Waals surface area contributed by atoms with Crippen LogP contribution in [0.25, 0.3) is 0 Å². The maximum atomic E-state index is 13.9. The summed E-state index contributed by atoms with van der Waals surface area (Å²) in [6.07, 6.45) is 1.82. The molecule has 0 spiro atoms. The standard InChI is InChI=1S/C15H15FN2O4/c16-11-4-3-9(18-7-1-2-12(18)19)8-10(11)13(20)17-15(5-6-15)14(21)22/h3-4,8H,1-2,5-7H2,(H,17,20)(H,21,22). The summed E-state index contributed by atoms with van der Waals surface area (Å²) in [6.45, 7) is 0.532. The van der Waals surface area contributed by atoms with Crippen LogP contribution in [0.2, 0.25) is 0 Å². The average Bonchev–Trinajstić information content (AvgIpc) is 3.14. The normalized spacial score (nSPS) is 19.1. The third-order valence-electron chi connectivity index (χ3n) is 4.09. The Morgan fingerprint density at radius 1 is 1.32 bits per heavy atom. The summed E-state index contributed by atoms with van der Waals surface area (Å²) < 4.78 is 13.9. The van der Waals surface area contributed by atoms with Crippen LogP contribution in [0.3, 0.4) is 0 Å². The number of rotatable bonds is 4. The molecule has 2 fully saturated rings. The Morgan fingerprint density at radius 2 is 2.05 bits per heavy atom. The molecule has 1 heterocycles. The van der Waals surface area contributed by atoms with E-state index in [-0.39, 0.29) is 11.5 Å². The lowest BCUT2D eigenvalue weighted by molar-refractivity contribution is -0.140. The number of carbonyl (C=O) groups excluding carboxylic acids is 2. The van der Waals surface area contributed by atoms with Gasteiger partial charge in [-0.3, -0.25) is 9.59 Å². The van der Waals surface area contributed by atoms with Crippen LogP contribution < -0.4 is 10.2 Å². The maximum Gasteiger partial charge on any atom is 0.329 e. The molecule has 0 bridgehead atoms. The molecule has 2 amide bonds. The highest BCUT2D eigenvalue weighted by Gasteiger charge is 2.51. The van der Waals surface area contributed by atoms with Crippen molar-refractivity contribution in [1.82, 2.24) is 5.32 Å². The van der Waals surface area contributed by atoms with Gasteiger partial charge in [-0.1, -0.05) is 0 Å². The zero-order valence-electron chi connectivity index (χ0n) is 11.8. The van der Waals surface area contributed by atoms with Crippen molar-refractivity contribution in [3.05, 3.63) is 29.6 Å². The van der Waals surface area contributed by atoms with Crippen molar-refractivity contribution in [3.8, 4) is 0 Å². The fraction of sp³-hybridized carbons (Fsp3) is 0.400. The van der Waals surface area contributed by atoms with E-state index < -0.39 is 23.2 Å². The first-order chi connectivity index (χ1) is 10.4. The number of carboxylic acids is 1. The summed E-state index contributed by atoms with van der Waals surface area (Å²) in [7, 11) is 0. The van der Waals surface area contributed by atoms with E-state index in [0.717, 1.165) is 12.5 Å². The predicted octanol–water partition coefficient (Wildman–Crippen LogP) is 1.30. The monoisotopic (exact) mass is 306 g/mol. The molecule has 0 unspecified atom stereocenters. The number of hydrogen-bond donors (Lipinski definition) is 2. The van der Waals surface area contributed by atoms with Crippen molar-refractivity contribution >= 4 is 23.5 Å². The molecule has 1 aliphatic heterocycles. The molecular formula is C15H15FN2O4. The van der Waals surface area contributed by atoms with Crippen LogP contribution in [-0.4, -0.2) is 35.0 Å². The summed E-state index contributed by atoms with van der Waals surface area (Å²) in [5, 5.41) is 11.4.